The van der Waals surface area contributed by atoms with Crippen molar-refractivity contribution in [2.75, 3.05) is 19.6 Å². The molecule has 1 aliphatic rings. The minimum absolute atomic E-state index is 0.0804. The fourth-order valence-corrected chi connectivity index (χ4v) is 1.37. The summed E-state index contributed by atoms with van der Waals surface area (Å²) in [6, 6.07) is 1.94. The van der Waals surface area contributed by atoms with E-state index in [9.17, 15) is 9.59 Å². The van der Waals surface area contributed by atoms with E-state index in [0.717, 1.165) is 0 Å². The molecule has 0 aliphatic carbocycles. The molecule has 1 aliphatic heterocycles. The average Bonchev–Trinajstić information content (AvgIpc) is 2.19. The summed E-state index contributed by atoms with van der Waals surface area (Å²) in [4.78, 5) is 24.1. The first-order valence-corrected chi connectivity index (χ1v) is 4.64. The lowest BCUT2D eigenvalue weighted by Crippen LogP contribution is -2.51. The summed E-state index contributed by atoms with van der Waals surface area (Å²) in [6.45, 7) is 2.85. The maximum Gasteiger partial charge on any atom is 0.240 e. The Balaban J connectivity index is 2.60. The van der Waals surface area contributed by atoms with Gasteiger partial charge in [0.05, 0.1) is 12.6 Å². The summed E-state index contributed by atoms with van der Waals surface area (Å²) < 4.78 is 0. The normalized spacial score (nSPS) is 18.3. The summed E-state index contributed by atoms with van der Waals surface area (Å²) >= 11 is 0. The van der Waals surface area contributed by atoms with Gasteiger partial charge in [0.25, 0.3) is 0 Å². The van der Waals surface area contributed by atoms with Crippen LogP contribution in [0, 0.1) is 17.2 Å². The Hall–Kier alpha value is -1.57. The third-order valence-corrected chi connectivity index (χ3v) is 2.21. The van der Waals surface area contributed by atoms with Crippen molar-refractivity contribution in [1.29, 1.82) is 5.26 Å². The van der Waals surface area contributed by atoms with Crippen LogP contribution in [0.25, 0.3) is 0 Å². The highest BCUT2D eigenvalue weighted by Crippen LogP contribution is 2.07. The van der Waals surface area contributed by atoms with Gasteiger partial charge in [-0.1, -0.05) is 6.92 Å². The molecule has 0 bridgehead atoms. The van der Waals surface area contributed by atoms with Crippen molar-refractivity contribution in [1.82, 2.24) is 10.2 Å². The third kappa shape index (κ3) is 2.22. The number of rotatable bonds is 2. The Morgan fingerprint density at radius 2 is 2.50 bits per heavy atom. The van der Waals surface area contributed by atoms with Crippen LogP contribution in [0.1, 0.15) is 13.3 Å². The molecule has 1 N–H and O–H groups in total. The van der Waals surface area contributed by atoms with E-state index in [0.29, 0.717) is 19.5 Å². The lowest BCUT2D eigenvalue weighted by molar-refractivity contribution is -0.140. The molecule has 0 saturated carbocycles. The highest BCUT2D eigenvalue weighted by atomic mass is 16.2. The second kappa shape index (κ2) is 4.61. The average molecular weight is 195 g/mol. The third-order valence-electron chi connectivity index (χ3n) is 2.21. The molecule has 1 saturated heterocycles. The molecule has 2 amide bonds. The second-order valence-electron chi connectivity index (χ2n) is 3.20. The number of amides is 2. The van der Waals surface area contributed by atoms with Gasteiger partial charge in [-0.2, -0.15) is 5.26 Å². The van der Waals surface area contributed by atoms with E-state index in [1.807, 2.05) is 6.07 Å². The number of piperazine rings is 1. The van der Waals surface area contributed by atoms with Crippen LogP contribution in [0.5, 0.6) is 0 Å². The van der Waals surface area contributed by atoms with Gasteiger partial charge in [-0.3, -0.25) is 9.59 Å². The van der Waals surface area contributed by atoms with Gasteiger partial charge in [-0.15, -0.1) is 0 Å². The molecule has 0 spiro atoms. The van der Waals surface area contributed by atoms with Gasteiger partial charge in [0.1, 0.15) is 5.92 Å². The van der Waals surface area contributed by atoms with Crippen LogP contribution < -0.4 is 5.32 Å². The molecule has 1 atom stereocenters. The zero-order chi connectivity index (χ0) is 10.6. The highest BCUT2D eigenvalue weighted by Gasteiger charge is 2.26. The van der Waals surface area contributed by atoms with Crippen LogP contribution in [0.2, 0.25) is 0 Å². The van der Waals surface area contributed by atoms with Crippen LogP contribution in [0.4, 0.5) is 0 Å². The first-order valence-electron chi connectivity index (χ1n) is 4.64. The van der Waals surface area contributed by atoms with E-state index < -0.39 is 5.92 Å². The number of carbonyl (C=O) groups is 2. The van der Waals surface area contributed by atoms with Crippen LogP contribution in [0.3, 0.4) is 0 Å². The quantitative estimate of drug-likeness (QED) is 0.645. The van der Waals surface area contributed by atoms with Crippen molar-refractivity contribution < 1.29 is 9.59 Å². The van der Waals surface area contributed by atoms with E-state index in [4.69, 9.17) is 5.26 Å². The minimum Gasteiger partial charge on any atom is -0.353 e. The Kier molecular flexibility index (Phi) is 3.46. The molecule has 76 valence electrons. The SMILES string of the molecule is CCC(C#N)C(=O)N1CCNC(=O)C1. The Morgan fingerprint density at radius 3 is 3.00 bits per heavy atom. The molecule has 5 nitrogen and oxygen atoms in total. The molecule has 0 radical (unpaired) electrons. The van der Waals surface area contributed by atoms with Gasteiger partial charge in [-0.05, 0) is 6.42 Å². The van der Waals surface area contributed by atoms with Crippen LogP contribution in [-0.4, -0.2) is 36.3 Å². The van der Waals surface area contributed by atoms with Crippen molar-refractivity contribution >= 4 is 11.8 Å². The molecule has 1 heterocycles. The van der Waals surface area contributed by atoms with E-state index >= 15 is 0 Å². The van der Waals surface area contributed by atoms with E-state index in [2.05, 4.69) is 5.32 Å². The summed E-state index contributed by atoms with van der Waals surface area (Å²) in [7, 11) is 0. The van der Waals surface area contributed by atoms with Crippen LogP contribution >= 0.6 is 0 Å². The van der Waals surface area contributed by atoms with Gasteiger partial charge in [-0.25, -0.2) is 0 Å². The summed E-state index contributed by atoms with van der Waals surface area (Å²) in [5, 5.41) is 11.3. The molecular formula is C9H13N3O2. The lowest BCUT2D eigenvalue weighted by Gasteiger charge is -2.27. The molecule has 1 unspecified atom stereocenters. The van der Waals surface area contributed by atoms with Gasteiger partial charge in [0.15, 0.2) is 0 Å². The first kappa shape index (κ1) is 10.5. The van der Waals surface area contributed by atoms with Gasteiger partial charge < -0.3 is 10.2 Å². The lowest BCUT2D eigenvalue weighted by atomic mass is 10.1. The molecule has 14 heavy (non-hydrogen) atoms. The fourth-order valence-electron chi connectivity index (χ4n) is 1.37. The van der Waals surface area contributed by atoms with Crippen molar-refractivity contribution in [3.8, 4) is 6.07 Å². The number of carbonyl (C=O) groups excluding carboxylic acids is 2. The number of hydrogen-bond acceptors (Lipinski definition) is 3. The first-order chi connectivity index (χ1) is 6.69. The zero-order valence-electron chi connectivity index (χ0n) is 8.12. The van der Waals surface area contributed by atoms with E-state index in [1.54, 1.807) is 6.92 Å². The standard InChI is InChI=1S/C9H13N3O2/c1-2-7(5-10)9(14)12-4-3-11-8(13)6-12/h7H,2-4,6H2,1H3,(H,11,13). The number of nitrogens with zero attached hydrogens (tertiary/aromatic N) is 2. The van der Waals surface area contributed by atoms with Crippen LogP contribution in [0.15, 0.2) is 0 Å². The highest BCUT2D eigenvalue weighted by molar-refractivity contribution is 5.88. The largest absolute Gasteiger partial charge is 0.353 e. The van der Waals surface area contributed by atoms with Crippen molar-refractivity contribution in [2.45, 2.75) is 13.3 Å². The van der Waals surface area contributed by atoms with Crippen molar-refractivity contribution in [3.05, 3.63) is 0 Å². The van der Waals surface area contributed by atoms with Gasteiger partial charge in [0, 0.05) is 13.1 Å². The molecule has 1 rings (SSSR count). The van der Waals surface area contributed by atoms with Crippen molar-refractivity contribution in [2.24, 2.45) is 5.92 Å². The number of nitrogens with one attached hydrogen (secondary N) is 1. The van der Waals surface area contributed by atoms with Crippen LogP contribution in [-0.2, 0) is 9.59 Å². The smallest absolute Gasteiger partial charge is 0.240 e. The zero-order valence-corrected chi connectivity index (χ0v) is 8.12. The number of hydrogen-bond donors (Lipinski definition) is 1. The summed E-state index contributed by atoms with van der Waals surface area (Å²) in [6.07, 6.45) is 0.494. The van der Waals surface area contributed by atoms with Gasteiger partial charge >= 0.3 is 0 Å². The molecule has 5 heteroatoms. The maximum absolute atomic E-state index is 11.6. The second-order valence-corrected chi connectivity index (χ2v) is 3.20. The number of nitriles is 1. The van der Waals surface area contributed by atoms with Gasteiger partial charge in [0.2, 0.25) is 11.8 Å². The molecule has 0 aromatic heterocycles. The Labute approximate surface area is 82.7 Å². The predicted octanol–water partition coefficient (Wildman–Crippen LogP) is -0.505. The Morgan fingerprint density at radius 1 is 1.79 bits per heavy atom. The molecule has 0 aromatic rings. The predicted molar refractivity (Wildman–Crippen MR) is 49.0 cm³/mol. The summed E-state index contributed by atoms with van der Waals surface area (Å²) in [5.41, 5.74) is 0. The monoisotopic (exact) mass is 195 g/mol. The van der Waals surface area contributed by atoms with E-state index in [1.165, 1.54) is 4.90 Å². The summed E-state index contributed by atoms with van der Waals surface area (Å²) in [5.74, 6) is -0.997. The molecule has 1 fully saturated rings. The topological polar surface area (TPSA) is 73.2 Å². The van der Waals surface area contributed by atoms with Crippen molar-refractivity contribution in [3.63, 3.8) is 0 Å². The Bertz CT molecular complexity index is 282. The minimum atomic E-state index is -0.610. The fraction of sp³-hybridized carbons (Fsp3) is 0.667. The molecular weight excluding hydrogens is 182 g/mol. The molecule has 0 aromatic carbocycles. The maximum atomic E-state index is 11.6. The van der Waals surface area contributed by atoms with E-state index in [-0.39, 0.29) is 18.4 Å².